The first-order chi connectivity index (χ1) is 16.3. The molecule has 0 saturated carbocycles. The molecule has 2 aliphatic heterocycles. The number of carbonyl (C=O) groups is 1. The number of H-pyrrole nitrogens is 1. The van der Waals surface area contributed by atoms with E-state index >= 15 is 0 Å². The highest BCUT2D eigenvalue weighted by molar-refractivity contribution is 6.74. The number of ether oxygens (including phenoxy) is 2. The summed E-state index contributed by atoms with van der Waals surface area (Å²) in [6, 6.07) is 1.28. The largest absolute Gasteiger partial charge is 0.466 e. The van der Waals surface area contributed by atoms with Crippen molar-refractivity contribution in [3.63, 3.8) is 0 Å². The smallest absolute Gasteiger partial charge is 0.338 e. The van der Waals surface area contributed by atoms with Crippen LogP contribution in [-0.2, 0) is 28.8 Å². The highest BCUT2D eigenvalue weighted by Gasteiger charge is 2.58. The summed E-state index contributed by atoms with van der Waals surface area (Å²) in [5, 5.41) is -0.0726. The number of carbonyl (C=O) groups excluding carboxylic acids is 1. The predicted molar refractivity (Wildman–Crippen MR) is 144 cm³/mol. The van der Waals surface area contributed by atoms with Crippen molar-refractivity contribution in [3.8, 4) is 0 Å². The standard InChI is InChI=1S/C25H42N2O7Si2/c1-23(2,3)35(8,9)32-15-19-18(34-36(10,11)24(4,5)6)14-25(33-19)17(21(29)31-7)12-16-13-20(28)26-22(30)27(16)25/h12-13,18-19H,14-15H2,1-11H3,(H,26,28,30)/t18-,19+,25-/m0/s1. The Kier molecular flexibility index (Phi) is 7.35. The Morgan fingerprint density at radius 1 is 1.11 bits per heavy atom. The van der Waals surface area contributed by atoms with Gasteiger partial charge in [0.15, 0.2) is 22.4 Å². The molecule has 3 heterocycles. The van der Waals surface area contributed by atoms with Crippen LogP contribution in [-0.4, -0.2) is 58.1 Å². The van der Waals surface area contributed by atoms with Crippen LogP contribution in [0, 0.1) is 0 Å². The molecule has 1 saturated heterocycles. The number of esters is 1. The third-order valence-electron chi connectivity index (χ3n) is 8.36. The second kappa shape index (κ2) is 9.19. The van der Waals surface area contributed by atoms with Gasteiger partial charge in [-0.25, -0.2) is 9.59 Å². The Morgan fingerprint density at radius 3 is 2.22 bits per heavy atom. The van der Waals surface area contributed by atoms with Crippen molar-refractivity contribution < 1.29 is 23.1 Å². The van der Waals surface area contributed by atoms with E-state index in [-0.39, 0.29) is 28.7 Å². The molecular formula is C25H42N2O7Si2. The Bertz CT molecular complexity index is 1170. The monoisotopic (exact) mass is 538 g/mol. The zero-order valence-corrected chi connectivity index (χ0v) is 25.5. The number of nitrogens with one attached hydrogen (secondary N) is 1. The number of nitrogens with zero attached hydrogens (tertiary/aromatic N) is 1. The van der Waals surface area contributed by atoms with Gasteiger partial charge >= 0.3 is 11.7 Å². The molecular weight excluding hydrogens is 496 g/mol. The van der Waals surface area contributed by atoms with Crippen molar-refractivity contribution in [1.82, 2.24) is 9.55 Å². The maximum absolute atomic E-state index is 13.0. The summed E-state index contributed by atoms with van der Waals surface area (Å²) in [4.78, 5) is 40.3. The highest BCUT2D eigenvalue weighted by atomic mass is 28.4. The van der Waals surface area contributed by atoms with Crippen molar-refractivity contribution >= 4 is 28.7 Å². The summed E-state index contributed by atoms with van der Waals surface area (Å²) in [6.45, 7) is 21.9. The maximum Gasteiger partial charge on any atom is 0.338 e. The molecule has 1 aromatic heterocycles. The molecule has 9 nitrogen and oxygen atoms in total. The Labute approximate surface area is 215 Å². The molecule has 2 aliphatic rings. The van der Waals surface area contributed by atoms with E-state index in [1.54, 1.807) is 0 Å². The fraction of sp³-hybridized carbons (Fsp3) is 0.720. The number of hydrogen-bond donors (Lipinski definition) is 1. The molecule has 1 spiro atoms. The summed E-state index contributed by atoms with van der Waals surface area (Å²) in [7, 11) is -3.12. The van der Waals surface area contributed by atoms with E-state index in [1.807, 2.05) is 0 Å². The van der Waals surface area contributed by atoms with E-state index in [2.05, 4.69) is 72.7 Å². The number of aromatic nitrogens is 2. The third kappa shape index (κ3) is 5.00. The Balaban J connectivity index is 2.11. The molecule has 1 fully saturated rings. The van der Waals surface area contributed by atoms with E-state index in [0.29, 0.717) is 5.69 Å². The topological polar surface area (TPSA) is 109 Å². The van der Waals surface area contributed by atoms with Gasteiger partial charge in [0.05, 0.1) is 31.1 Å². The van der Waals surface area contributed by atoms with Crippen molar-refractivity contribution in [2.45, 2.75) is 102 Å². The fourth-order valence-corrected chi connectivity index (χ4v) is 6.48. The third-order valence-corrected chi connectivity index (χ3v) is 17.4. The average molecular weight is 539 g/mol. The molecule has 0 radical (unpaired) electrons. The van der Waals surface area contributed by atoms with Gasteiger partial charge in [-0.15, -0.1) is 0 Å². The highest BCUT2D eigenvalue weighted by Crippen LogP contribution is 2.49. The molecule has 3 rings (SSSR count). The average Bonchev–Trinajstić information content (AvgIpc) is 3.21. The normalized spacial score (nSPS) is 24.7. The molecule has 0 unspecified atom stereocenters. The molecule has 1 N–H and O–H groups in total. The van der Waals surface area contributed by atoms with Crippen LogP contribution in [0.15, 0.2) is 21.2 Å². The van der Waals surface area contributed by atoms with Gasteiger partial charge < -0.3 is 18.3 Å². The number of rotatable bonds is 6. The second-order valence-corrected chi connectivity index (χ2v) is 22.4. The summed E-state index contributed by atoms with van der Waals surface area (Å²) in [5.41, 5.74) is -2.20. The zero-order valence-electron chi connectivity index (χ0n) is 23.5. The van der Waals surface area contributed by atoms with Crippen molar-refractivity contribution in [3.05, 3.63) is 38.2 Å². The number of hydrogen-bond acceptors (Lipinski definition) is 7. The lowest BCUT2D eigenvalue weighted by Crippen LogP contribution is -2.48. The first kappa shape index (κ1) is 28.8. The molecule has 0 bridgehead atoms. The Morgan fingerprint density at radius 2 is 1.69 bits per heavy atom. The van der Waals surface area contributed by atoms with Gasteiger partial charge in [-0.2, -0.15) is 0 Å². The summed E-state index contributed by atoms with van der Waals surface area (Å²) in [6.07, 6.45) is 0.744. The summed E-state index contributed by atoms with van der Waals surface area (Å²) < 4.78 is 26.4. The molecule has 202 valence electrons. The van der Waals surface area contributed by atoms with Crippen LogP contribution in [0.1, 0.15) is 53.7 Å². The molecule has 36 heavy (non-hydrogen) atoms. The number of fused-ring (bicyclic) bond motifs is 2. The van der Waals surface area contributed by atoms with Gasteiger partial charge in [-0.1, -0.05) is 41.5 Å². The van der Waals surface area contributed by atoms with Gasteiger partial charge in [0.1, 0.15) is 6.10 Å². The molecule has 3 atom stereocenters. The van der Waals surface area contributed by atoms with Crippen LogP contribution in [0.25, 0.3) is 6.08 Å². The first-order valence-electron chi connectivity index (χ1n) is 12.4. The van der Waals surface area contributed by atoms with Crippen molar-refractivity contribution in [2.75, 3.05) is 13.7 Å². The number of methoxy groups -OCH3 is 1. The summed E-state index contributed by atoms with van der Waals surface area (Å²) >= 11 is 0. The van der Waals surface area contributed by atoms with E-state index in [0.717, 1.165) is 0 Å². The van der Waals surface area contributed by atoms with Gasteiger partial charge in [0.2, 0.25) is 0 Å². The van der Waals surface area contributed by atoms with Crippen LogP contribution in [0.4, 0.5) is 0 Å². The molecule has 1 aromatic rings. The van der Waals surface area contributed by atoms with Crippen molar-refractivity contribution in [1.29, 1.82) is 0 Å². The minimum atomic E-state index is -2.27. The van der Waals surface area contributed by atoms with Crippen molar-refractivity contribution in [2.24, 2.45) is 0 Å². The lowest BCUT2D eigenvalue weighted by Gasteiger charge is -2.40. The fourth-order valence-electron chi connectivity index (χ4n) is 4.12. The van der Waals surface area contributed by atoms with Crippen LogP contribution in [0.5, 0.6) is 0 Å². The van der Waals surface area contributed by atoms with Gasteiger partial charge in [-0.05, 0) is 42.3 Å². The molecule has 0 aliphatic carbocycles. The SMILES string of the molecule is COC(=O)C1=Cc2cc(=O)[nH]c(=O)n2[C@]12C[C@H](O[Si](C)(C)C(C)(C)C)[C@@H](CO[Si](C)(C)C(C)(C)C)O2. The lowest BCUT2D eigenvalue weighted by atomic mass is 9.99. The van der Waals surface area contributed by atoms with Crippen LogP contribution in [0.3, 0.4) is 0 Å². The summed E-state index contributed by atoms with van der Waals surface area (Å²) in [5.74, 6) is -0.623. The minimum Gasteiger partial charge on any atom is -0.466 e. The van der Waals surface area contributed by atoms with E-state index in [9.17, 15) is 14.4 Å². The quantitative estimate of drug-likeness (QED) is 0.431. The van der Waals surface area contributed by atoms with Gasteiger partial charge in [0, 0.05) is 12.5 Å². The van der Waals surface area contributed by atoms with Crippen LogP contribution >= 0.6 is 0 Å². The number of aromatic amines is 1. The first-order valence-corrected chi connectivity index (χ1v) is 18.2. The van der Waals surface area contributed by atoms with E-state index < -0.39 is 51.8 Å². The maximum atomic E-state index is 13.0. The minimum absolute atomic E-state index is 0.00740. The molecule has 11 heteroatoms. The van der Waals surface area contributed by atoms with Crippen LogP contribution < -0.4 is 11.2 Å². The lowest BCUT2D eigenvalue weighted by molar-refractivity contribution is -0.144. The van der Waals surface area contributed by atoms with Gasteiger partial charge in [-0.3, -0.25) is 14.3 Å². The zero-order chi connectivity index (χ0) is 27.5. The predicted octanol–water partition coefficient (Wildman–Crippen LogP) is 3.96. The molecule has 0 aromatic carbocycles. The van der Waals surface area contributed by atoms with E-state index in [4.69, 9.17) is 18.3 Å². The van der Waals surface area contributed by atoms with Crippen LogP contribution in [0.2, 0.25) is 36.3 Å². The van der Waals surface area contributed by atoms with E-state index in [1.165, 1.54) is 23.8 Å². The van der Waals surface area contributed by atoms with Gasteiger partial charge in [0.25, 0.3) is 5.56 Å². The second-order valence-electron chi connectivity index (χ2n) is 12.9. The molecule has 0 amide bonds. The Hall–Kier alpha value is -1.80.